The van der Waals surface area contributed by atoms with Crippen molar-refractivity contribution in [3.05, 3.63) is 52.8 Å². The number of anilines is 2. The van der Waals surface area contributed by atoms with Crippen molar-refractivity contribution in [2.75, 3.05) is 43.4 Å². The molecule has 5 aliphatic heterocycles. The molecule has 7 nitrogen and oxygen atoms in total. The third-order valence-electron chi connectivity index (χ3n) is 9.86. The third kappa shape index (κ3) is 7.19. The second-order valence-electron chi connectivity index (χ2n) is 13.1. The number of hydrogen-bond acceptors (Lipinski definition) is 7. The minimum Gasteiger partial charge on any atom is -0.399 e. The van der Waals surface area contributed by atoms with E-state index in [-0.39, 0.29) is 5.69 Å². The first-order valence-corrected chi connectivity index (χ1v) is 17.2. The van der Waals surface area contributed by atoms with Crippen molar-refractivity contribution < 1.29 is 8.78 Å². The van der Waals surface area contributed by atoms with E-state index >= 15 is 4.39 Å². The highest BCUT2D eigenvalue weighted by Crippen LogP contribution is 2.37. The second kappa shape index (κ2) is 14.2. The molecular weight excluding hydrogens is 592 g/mol. The maximum atomic E-state index is 16.2. The lowest BCUT2D eigenvalue weighted by molar-refractivity contribution is 0.292. The molecule has 2 aromatic heterocycles. The fourth-order valence-electron chi connectivity index (χ4n) is 7.50. The van der Waals surface area contributed by atoms with Crippen LogP contribution >= 0.6 is 11.6 Å². The summed E-state index contributed by atoms with van der Waals surface area (Å²) in [7, 11) is 0. The van der Waals surface area contributed by atoms with E-state index in [1.54, 1.807) is 18.3 Å². The zero-order chi connectivity index (χ0) is 31.5. The number of nitrogens with zero attached hydrogens (tertiary/aromatic N) is 5. The van der Waals surface area contributed by atoms with Crippen LogP contribution in [0.15, 0.2) is 30.6 Å². The summed E-state index contributed by atoms with van der Waals surface area (Å²) < 4.78 is 28.8. The molecule has 1 aromatic carbocycles. The maximum Gasteiger partial charge on any atom is 0.175 e. The molecule has 0 spiro atoms. The molecular formula is C35H46ClF2N7. The number of pyridine rings is 1. The van der Waals surface area contributed by atoms with E-state index in [1.807, 2.05) is 6.92 Å². The number of nitrogens with one attached hydrogen (secondary N) is 1. The monoisotopic (exact) mass is 637 g/mol. The smallest absolute Gasteiger partial charge is 0.175 e. The summed E-state index contributed by atoms with van der Waals surface area (Å²) in [5, 5.41) is 4.72. The number of halogens is 3. The average Bonchev–Trinajstić information content (AvgIpc) is 3.61. The van der Waals surface area contributed by atoms with Gasteiger partial charge in [-0.2, -0.15) is 0 Å². The number of benzene rings is 1. The van der Waals surface area contributed by atoms with Crippen LogP contribution in [0.3, 0.4) is 0 Å². The molecule has 0 amide bonds. The fraction of sp³-hybridized carbons (Fsp3) is 0.571. The second-order valence-corrected chi connectivity index (χ2v) is 13.5. The van der Waals surface area contributed by atoms with E-state index in [0.29, 0.717) is 64.3 Å². The van der Waals surface area contributed by atoms with E-state index < -0.39 is 12.0 Å². The molecule has 7 heterocycles. The normalized spacial score (nSPS) is 24.0. The molecule has 3 fully saturated rings. The molecule has 3 unspecified atom stereocenters. The van der Waals surface area contributed by atoms with Crippen LogP contribution in [0.25, 0.3) is 22.2 Å². The van der Waals surface area contributed by atoms with Crippen LogP contribution in [0.5, 0.6) is 0 Å². The third-order valence-corrected chi connectivity index (χ3v) is 10.2. The standard InChI is InChI=1S/C28H34ClFN6.C7H12FN/c1-3-24-34-27-22-15-33-26(25(27)30)21-13-19(31)14-23(29)20(21)9-5-4-7-17(2)32-11-10-18-8-6-12-36(16-18)28(22)35-24;8-6-4-7-2-1-3-9(7)5-6/h13-15,18,32H,2-12,16,31H2,1H3;6-7H,1-5H2. The topological polar surface area (TPSA) is 83.2 Å². The lowest BCUT2D eigenvalue weighted by atomic mass is 9.94. The van der Waals surface area contributed by atoms with E-state index in [0.717, 1.165) is 81.8 Å². The Labute approximate surface area is 270 Å². The highest BCUT2D eigenvalue weighted by atomic mass is 35.5. The Kier molecular flexibility index (Phi) is 10.0. The molecule has 45 heavy (non-hydrogen) atoms. The highest BCUT2D eigenvalue weighted by molar-refractivity contribution is 6.32. The molecule has 5 aliphatic rings. The van der Waals surface area contributed by atoms with Gasteiger partial charge in [0, 0.05) is 66.8 Å². The van der Waals surface area contributed by atoms with Crippen molar-refractivity contribution in [2.24, 2.45) is 5.92 Å². The summed E-state index contributed by atoms with van der Waals surface area (Å²) >= 11 is 6.63. The summed E-state index contributed by atoms with van der Waals surface area (Å²) in [6.07, 6.45) is 12.0. The van der Waals surface area contributed by atoms with Gasteiger partial charge in [0.1, 0.15) is 29.0 Å². The Bertz CT molecular complexity index is 1520. The molecule has 10 heteroatoms. The summed E-state index contributed by atoms with van der Waals surface area (Å²) in [6, 6.07) is 4.11. The molecule has 0 saturated carbocycles. The lowest BCUT2D eigenvalue weighted by Crippen LogP contribution is -2.37. The van der Waals surface area contributed by atoms with Crippen molar-refractivity contribution in [3.63, 3.8) is 0 Å². The van der Waals surface area contributed by atoms with Crippen LogP contribution in [0, 0.1) is 11.7 Å². The number of allylic oxidation sites excluding steroid dienone is 1. The van der Waals surface area contributed by atoms with Crippen LogP contribution in [-0.4, -0.2) is 64.8 Å². The van der Waals surface area contributed by atoms with Crippen molar-refractivity contribution in [1.82, 2.24) is 25.2 Å². The number of fused-ring (bicyclic) bond motifs is 9. The van der Waals surface area contributed by atoms with Gasteiger partial charge in [-0.05, 0) is 94.4 Å². The zero-order valence-electron chi connectivity index (χ0n) is 26.4. The number of rotatable bonds is 1. The minimum atomic E-state index is -0.518. The van der Waals surface area contributed by atoms with Gasteiger partial charge in [-0.15, -0.1) is 0 Å². The average molecular weight is 638 g/mol. The van der Waals surface area contributed by atoms with E-state index in [2.05, 4.69) is 31.7 Å². The highest BCUT2D eigenvalue weighted by Gasteiger charge is 2.34. The van der Waals surface area contributed by atoms with Crippen LogP contribution in [0.1, 0.15) is 76.1 Å². The Hall–Kier alpha value is -3.04. The van der Waals surface area contributed by atoms with Gasteiger partial charge in [0.15, 0.2) is 5.82 Å². The van der Waals surface area contributed by atoms with Crippen LogP contribution in [0.2, 0.25) is 5.02 Å². The Morgan fingerprint density at radius 3 is 2.71 bits per heavy atom. The number of aromatic nitrogens is 3. The molecule has 242 valence electrons. The van der Waals surface area contributed by atoms with Crippen molar-refractivity contribution in [1.29, 1.82) is 0 Å². The predicted octanol–water partition coefficient (Wildman–Crippen LogP) is 7.26. The van der Waals surface area contributed by atoms with Gasteiger partial charge in [0.25, 0.3) is 0 Å². The van der Waals surface area contributed by atoms with Crippen LogP contribution in [0.4, 0.5) is 20.3 Å². The number of aryl methyl sites for hydroxylation is 1. The Morgan fingerprint density at radius 2 is 1.89 bits per heavy atom. The number of alkyl halides is 1. The first kappa shape index (κ1) is 31.9. The summed E-state index contributed by atoms with van der Waals surface area (Å²) in [5.41, 5.74) is 9.74. The van der Waals surface area contributed by atoms with Gasteiger partial charge in [-0.3, -0.25) is 9.88 Å². The molecule has 0 aliphatic carbocycles. The SMILES string of the molecule is C=C1CCCCc2c(Cl)cc(N)cc2-c2ncc3c(nc(CC)nc3c2F)N2CCCC(CCN1)C2.FC1CC2CCCN2C1. The first-order chi connectivity index (χ1) is 21.8. The Balaban J connectivity index is 0.000000337. The summed E-state index contributed by atoms with van der Waals surface area (Å²) in [4.78, 5) is 18.7. The number of piperidine rings is 1. The van der Waals surface area contributed by atoms with E-state index in [9.17, 15) is 4.39 Å². The molecule has 3 atom stereocenters. The van der Waals surface area contributed by atoms with Gasteiger partial charge >= 0.3 is 0 Å². The fourth-order valence-corrected chi connectivity index (χ4v) is 7.82. The van der Waals surface area contributed by atoms with Crippen molar-refractivity contribution in [2.45, 2.75) is 89.8 Å². The van der Waals surface area contributed by atoms with E-state index in [1.165, 1.54) is 19.3 Å². The molecule has 3 aromatic rings. The van der Waals surface area contributed by atoms with Gasteiger partial charge in [-0.1, -0.05) is 25.1 Å². The first-order valence-electron chi connectivity index (χ1n) is 16.8. The molecule has 3 saturated heterocycles. The molecule has 8 rings (SSSR count). The largest absolute Gasteiger partial charge is 0.399 e. The molecule has 6 bridgehead atoms. The van der Waals surface area contributed by atoms with E-state index in [4.69, 9.17) is 22.3 Å². The van der Waals surface area contributed by atoms with Gasteiger partial charge < -0.3 is 16.0 Å². The quantitative estimate of drug-likeness (QED) is 0.272. The van der Waals surface area contributed by atoms with Gasteiger partial charge in [-0.25, -0.2) is 18.7 Å². The summed E-state index contributed by atoms with van der Waals surface area (Å²) in [5.74, 6) is 1.51. The summed E-state index contributed by atoms with van der Waals surface area (Å²) in [6.45, 7) is 10.8. The van der Waals surface area contributed by atoms with Gasteiger partial charge in [0.05, 0.1) is 5.39 Å². The molecule has 3 N–H and O–H groups in total. The van der Waals surface area contributed by atoms with Gasteiger partial charge in [0.2, 0.25) is 0 Å². The van der Waals surface area contributed by atoms with Crippen molar-refractivity contribution >= 4 is 34.0 Å². The molecule has 0 radical (unpaired) electrons. The number of nitrogens with two attached hydrogens (primary N) is 1. The number of hydrogen-bond donors (Lipinski definition) is 2. The van der Waals surface area contributed by atoms with Crippen LogP contribution in [-0.2, 0) is 12.8 Å². The number of nitrogen functional groups attached to an aromatic ring is 1. The maximum absolute atomic E-state index is 16.2. The zero-order valence-corrected chi connectivity index (χ0v) is 27.2. The van der Waals surface area contributed by atoms with Crippen molar-refractivity contribution in [3.8, 4) is 11.3 Å². The Morgan fingerprint density at radius 1 is 1.07 bits per heavy atom. The minimum absolute atomic E-state index is 0.238. The predicted molar refractivity (Wildman–Crippen MR) is 180 cm³/mol. The van der Waals surface area contributed by atoms with Crippen LogP contribution < -0.4 is 16.0 Å². The lowest BCUT2D eigenvalue weighted by Gasteiger charge is -2.34.